The molecule has 1 N–H and O–H groups in total. The van der Waals surface area contributed by atoms with Crippen LogP contribution in [0.3, 0.4) is 0 Å². The van der Waals surface area contributed by atoms with Crippen LogP contribution >= 0.6 is 11.3 Å². The van der Waals surface area contributed by atoms with Crippen LogP contribution in [-0.2, 0) is 17.8 Å². The molecule has 1 aliphatic rings. The van der Waals surface area contributed by atoms with Gasteiger partial charge in [0.2, 0.25) is 5.91 Å². The average Bonchev–Trinajstić information content (AvgIpc) is 3.40. The minimum absolute atomic E-state index is 0.0206. The maximum atomic E-state index is 12.7. The molecule has 6 nitrogen and oxygen atoms in total. The average molecular weight is 433 g/mol. The van der Waals surface area contributed by atoms with E-state index in [1.54, 1.807) is 11.3 Å². The Morgan fingerprint density at radius 1 is 1.19 bits per heavy atom. The molecule has 0 saturated heterocycles. The van der Waals surface area contributed by atoms with Crippen molar-refractivity contribution in [2.75, 3.05) is 19.6 Å². The molecular formula is C24H24N4O2S. The third-order valence-corrected chi connectivity index (χ3v) is 6.16. The monoisotopic (exact) mass is 432 g/mol. The first-order chi connectivity index (χ1) is 15.2. The zero-order valence-corrected chi connectivity index (χ0v) is 17.9. The molecule has 158 valence electrons. The van der Waals surface area contributed by atoms with Crippen molar-refractivity contribution in [1.82, 2.24) is 19.6 Å². The molecule has 7 heteroatoms. The van der Waals surface area contributed by atoms with E-state index in [2.05, 4.69) is 38.1 Å². The molecule has 4 aromatic rings. The summed E-state index contributed by atoms with van der Waals surface area (Å²) in [6.45, 7) is 2.27. The first-order valence-corrected chi connectivity index (χ1v) is 11.4. The molecule has 1 amide bonds. The Balaban J connectivity index is 1.21. The predicted molar refractivity (Wildman–Crippen MR) is 121 cm³/mol. The number of nitrogens with one attached hydrogen (secondary N) is 1. The van der Waals surface area contributed by atoms with Crippen molar-refractivity contribution in [3.63, 3.8) is 0 Å². The van der Waals surface area contributed by atoms with Crippen molar-refractivity contribution < 1.29 is 9.53 Å². The van der Waals surface area contributed by atoms with Crippen molar-refractivity contribution >= 4 is 22.9 Å². The van der Waals surface area contributed by atoms with Crippen LogP contribution in [0, 0.1) is 0 Å². The highest BCUT2D eigenvalue weighted by Crippen LogP contribution is 2.31. The summed E-state index contributed by atoms with van der Waals surface area (Å²) in [7, 11) is 0. The van der Waals surface area contributed by atoms with E-state index in [9.17, 15) is 4.79 Å². The quantitative estimate of drug-likeness (QED) is 0.505. The highest BCUT2D eigenvalue weighted by Gasteiger charge is 2.25. The van der Waals surface area contributed by atoms with Gasteiger partial charge in [0.15, 0.2) is 0 Å². The molecular weight excluding hydrogens is 408 g/mol. The maximum Gasteiger partial charge on any atom is 0.234 e. The molecule has 4 heterocycles. The van der Waals surface area contributed by atoms with Gasteiger partial charge in [0, 0.05) is 49.6 Å². The summed E-state index contributed by atoms with van der Waals surface area (Å²) < 4.78 is 8.30. The molecule has 1 aliphatic heterocycles. The molecule has 1 atom stereocenters. The van der Waals surface area contributed by atoms with Gasteiger partial charge in [0.1, 0.15) is 17.5 Å². The van der Waals surface area contributed by atoms with E-state index < -0.39 is 0 Å². The molecule has 31 heavy (non-hydrogen) atoms. The van der Waals surface area contributed by atoms with Crippen LogP contribution in [0.25, 0.3) is 5.65 Å². The molecule has 0 bridgehead atoms. The number of thiophene rings is 1. The Bertz CT molecular complexity index is 1140. The minimum atomic E-state index is -0.0827. The molecule has 1 aromatic carbocycles. The van der Waals surface area contributed by atoms with Gasteiger partial charge < -0.3 is 14.5 Å². The summed E-state index contributed by atoms with van der Waals surface area (Å²) in [5.74, 6) is 0.917. The van der Waals surface area contributed by atoms with Gasteiger partial charge in [-0.05, 0) is 35.0 Å². The first-order valence-electron chi connectivity index (χ1n) is 10.4. The normalized spacial score (nSPS) is 16.5. The number of hydrogen-bond acceptors (Lipinski definition) is 5. The van der Waals surface area contributed by atoms with Gasteiger partial charge in [-0.1, -0.05) is 24.3 Å². The lowest BCUT2D eigenvalue weighted by Gasteiger charge is -2.23. The fraction of sp³-hybridized carbons (Fsp3) is 0.250. The number of amides is 1. The van der Waals surface area contributed by atoms with Gasteiger partial charge in [-0.3, -0.25) is 9.69 Å². The minimum Gasteiger partial charge on any atom is -0.484 e. The summed E-state index contributed by atoms with van der Waals surface area (Å²) in [5, 5.41) is 7.23. The molecule has 1 unspecified atom stereocenters. The zero-order chi connectivity index (χ0) is 21.0. The van der Waals surface area contributed by atoms with Gasteiger partial charge in [0.05, 0.1) is 12.2 Å². The van der Waals surface area contributed by atoms with Crippen LogP contribution in [0.5, 0.6) is 5.75 Å². The Labute approximate surface area is 185 Å². The standard InChI is InChI=1S/C24H24N4O2S/c29-24(25-10-8-20-14-28-11-4-3-7-23(28)26-20)16-27-13-18-5-1-2-6-21(18)30-22(15-27)19-9-12-31-17-19/h1-7,9,11-12,14,17,22H,8,10,13,15-16H2,(H,25,29). The van der Waals surface area contributed by atoms with Crippen LogP contribution in [0.15, 0.2) is 71.7 Å². The van der Waals surface area contributed by atoms with Gasteiger partial charge in [-0.2, -0.15) is 11.3 Å². The van der Waals surface area contributed by atoms with Gasteiger partial charge in [-0.15, -0.1) is 0 Å². The molecule has 0 saturated carbocycles. The van der Waals surface area contributed by atoms with E-state index in [0.717, 1.165) is 28.2 Å². The number of benzene rings is 1. The lowest BCUT2D eigenvalue weighted by molar-refractivity contribution is -0.122. The highest BCUT2D eigenvalue weighted by atomic mass is 32.1. The maximum absolute atomic E-state index is 12.7. The Morgan fingerprint density at radius 2 is 2.10 bits per heavy atom. The molecule has 0 radical (unpaired) electrons. The van der Waals surface area contributed by atoms with E-state index in [-0.39, 0.29) is 12.0 Å². The summed E-state index contributed by atoms with van der Waals surface area (Å²) >= 11 is 1.66. The number of carbonyl (C=O) groups is 1. The van der Waals surface area contributed by atoms with Gasteiger partial charge in [0.25, 0.3) is 0 Å². The van der Waals surface area contributed by atoms with Crippen molar-refractivity contribution in [2.24, 2.45) is 0 Å². The number of para-hydroxylation sites is 1. The van der Waals surface area contributed by atoms with Crippen LogP contribution in [0.2, 0.25) is 0 Å². The Kier molecular flexibility index (Phi) is 5.69. The van der Waals surface area contributed by atoms with E-state index in [4.69, 9.17) is 4.74 Å². The van der Waals surface area contributed by atoms with Crippen molar-refractivity contribution in [3.05, 3.63) is 88.5 Å². The van der Waals surface area contributed by atoms with Crippen LogP contribution in [0.4, 0.5) is 0 Å². The molecule has 0 fully saturated rings. The van der Waals surface area contributed by atoms with Gasteiger partial charge >= 0.3 is 0 Å². The Hall–Kier alpha value is -3.16. The number of pyridine rings is 1. The third kappa shape index (κ3) is 4.62. The van der Waals surface area contributed by atoms with Crippen molar-refractivity contribution in [3.8, 4) is 5.75 Å². The summed E-state index contributed by atoms with van der Waals surface area (Å²) in [6.07, 6.45) is 4.61. The lowest BCUT2D eigenvalue weighted by atomic mass is 10.2. The Morgan fingerprint density at radius 3 is 2.97 bits per heavy atom. The van der Waals surface area contributed by atoms with Crippen molar-refractivity contribution in [2.45, 2.75) is 19.1 Å². The predicted octanol–water partition coefficient (Wildman–Crippen LogP) is 3.69. The fourth-order valence-electron chi connectivity index (χ4n) is 3.93. The van der Waals surface area contributed by atoms with Crippen LogP contribution in [0.1, 0.15) is 22.9 Å². The molecule has 5 rings (SSSR count). The lowest BCUT2D eigenvalue weighted by Crippen LogP contribution is -2.39. The van der Waals surface area contributed by atoms with E-state index in [0.29, 0.717) is 32.6 Å². The largest absolute Gasteiger partial charge is 0.484 e. The number of nitrogens with zero attached hydrogens (tertiary/aromatic N) is 3. The fourth-order valence-corrected chi connectivity index (χ4v) is 4.63. The number of imidazole rings is 1. The summed E-state index contributed by atoms with van der Waals surface area (Å²) in [4.78, 5) is 19.4. The molecule has 0 aliphatic carbocycles. The second-order valence-electron chi connectivity index (χ2n) is 7.74. The number of hydrogen-bond donors (Lipinski definition) is 1. The smallest absolute Gasteiger partial charge is 0.234 e. The van der Waals surface area contributed by atoms with E-state index >= 15 is 0 Å². The number of rotatable bonds is 6. The van der Waals surface area contributed by atoms with E-state index in [1.807, 2.05) is 53.2 Å². The van der Waals surface area contributed by atoms with Crippen molar-refractivity contribution in [1.29, 1.82) is 0 Å². The van der Waals surface area contributed by atoms with E-state index in [1.165, 1.54) is 0 Å². The SMILES string of the molecule is O=C(CN1Cc2ccccc2OC(c2ccsc2)C1)NCCc1cn2ccccc2n1. The number of carbonyl (C=O) groups excluding carboxylic acids is 1. The molecule has 3 aromatic heterocycles. The zero-order valence-electron chi connectivity index (χ0n) is 17.1. The second-order valence-corrected chi connectivity index (χ2v) is 8.52. The molecule has 0 spiro atoms. The van der Waals surface area contributed by atoms with Crippen LogP contribution < -0.4 is 10.1 Å². The highest BCUT2D eigenvalue weighted by molar-refractivity contribution is 7.07. The first kappa shape index (κ1) is 19.8. The number of ether oxygens (including phenoxy) is 1. The van der Waals surface area contributed by atoms with Gasteiger partial charge in [-0.25, -0.2) is 4.98 Å². The third-order valence-electron chi connectivity index (χ3n) is 5.46. The topological polar surface area (TPSA) is 58.9 Å². The number of fused-ring (bicyclic) bond motifs is 2. The van der Waals surface area contributed by atoms with Crippen LogP contribution in [-0.4, -0.2) is 39.8 Å². The summed E-state index contributed by atoms with van der Waals surface area (Å²) in [6, 6.07) is 16.1. The number of aromatic nitrogens is 2. The second kappa shape index (κ2) is 8.91. The summed E-state index contributed by atoms with van der Waals surface area (Å²) in [5.41, 5.74) is 4.16.